The first-order valence-electron chi connectivity index (χ1n) is 8.19. The molecule has 0 radical (unpaired) electrons. The molecule has 5 heteroatoms. The van der Waals surface area contributed by atoms with Crippen molar-refractivity contribution in [3.63, 3.8) is 0 Å². The summed E-state index contributed by atoms with van der Waals surface area (Å²) in [6, 6.07) is 0. The largest absolute Gasteiger partial charge is 0.370 e. The maximum Gasteiger partial charge on any atom is 0.188 e. The highest BCUT2D eigenvalue weighted by atomic mass is 15.2. The molecule has 2 rings (SSSR count). The summed E-state index contributed by atoms with van der Waals surface area (Å²) in [5.74, 6) is 1.43. The number of rotatable bonds is 7. The molecule has 20 heavy (non-hydrogen) atoms. The summed E-state index contributed by atoms with van der Waals surface area (Å²) in [6.45, 7) is 7.93. The van der Waals surface area contributed by atoms with Gasteiger partial charge in [0.25, 0.3) is 0 Å². The number of likely N-dealkylation sites (N-methyl/N-ethyl adjacent to an activating group) is 1. The number of nitrogens with two attached hydrogens (primary N) is 1. The zero-order valence-electron chi connectivity index (χ0n) is 13.0. The van der Waals surface area contributed by atoms with Crippen molar-refractivity contribution in [1.29, 1.82) is 0 Å². The molecule has 1 aliphatic heterocycles. The fourth-order valence-electron chi connectivity index (χ4n) is 2.71. The van der Waals surface area contributed by atoms with E-state index in [1.807, 2.05) is 0 Å². The van der Waals surface area contributed by atoms with Gasteiger partial charge in [0.1, 0.15) is 0 Å². The highest BCUT2D eigenvalue weighted by Crippen LogP contribution is 2.26. The van der Waals surface area contributed by atoms with E-state index in [4.69, 9.17) is 5.73 Å². The molecule has 1 saturated carbocycles. The van der Waals surface area contributed by atoms with Gasteiger partial charge in [0.2, 0.25) is 0 Å². The molecule has 0 amide bonds. The van der Waals surface area contributed by atoms with Crippen LogP contribution in [0.5, 0.6) is 0 Å². The molecule has 1 aliphatic carbocycles. The van der Waals surface area contributed by atoms with Crippen molar-refractivity contribution >= 4 is 5.96 Å². The number of aliphatic imine (C=N–C) groups is 1. The Hall–Kier alpha value is -0.810. The van der Waals surface area contributed by atoms with Gasteiger partial charge in [-0.25, -0.2) is 0 Å². The van der Waals surface area contributed by atoms with E-state index in [-0.39, 0.29) is 0 Å². The van der Waals surface area contributed by atoms with Gasteiger partial charge < -0.3 is 20.9 Å². The van der Waals surface area contributed by atoms with Gasteiger partial charge in [-0.15, -0.1) is 0 Å². The second-order valence-electron chi connectivity index (χ2n) is 6.30. The van der Waals surface area contributed by atoms with Crippen LogP contribution in [0.3, 0.4) is 0 Å². The van der Waals surface area contributed by atoms with Crippen molar-refractivity contribution in [3.8, 4) is 0 Å². The lowest BCUT2D eigenvalue weighted by Crippen LogP contribution is -2.44. The quantitative estimate of drug-likeness (QED) is 0.410. The number of hydrogen-bond acceptors (Lipinski definition) is 3. The third-order valence-corrected chi connectivity index (χ3v) is 4.55. The van der Waals surface area contributed by atoms with Gasteiger partial charge in [-0.1, -0.05) is 6.42 Å². The minimum Gasteiger partial charge on any atom is -0.370 e. The Kier molecular flexibility index (Phi) is 6.60. The average Bonchev–Trinajstić information content (AvgIpc) is 2.39. The van der Waals surface area contributed by atoms with Crippen molar-refractivity contribution in [3.05, 3.63) is 0 Å². The van der Waals surface area contributed by atoms with Gasteiger partial charge in [-0.3, -0.25) is 4.99 Å². The molecule has 2 aliphatic rings. The van der Waals surface area contributed by atoms with Crippen molar-refractivity contribution < 1.29 is 0 Å². The van der Waals surface area contributed by atoms with Crippen LogP contribution in [0.2, 0.25) is 0 Å². The van der Waals surface area contributed by atoms with Crippen LogP contribution in [-0.2, 0) is 0 Å². The molecule has 3 N–H and O–H groups in total. The van der Waals surface area contributed by atoms with E-state index < -0.39 is 0 Å². The average molecular weight is 281 g/mol. The molecule has 0 aromatic heterocycles. The number of unbranched alkanes of at least 4 members (excludes halogenated alkanes) is 1. The van der Waals surface area contributed by atoms with Crippen LogP contribution in [0, 0.1) is 5.92 Å². The fourth-order valence-corrected chi connectivity index (χ4v) is 2.71. The molecular formula is C15H31N5. The number of nitrogens with zero attached hydrogens (tertiary/aromatic N) is 3. The Labute approximate surface area is 123 Å². The van der Waals surface area contributed by atoms with E-state index in [1.165, 1.54) is 64.8 Å². The molecule has 1 saturated heterocycles. The van der Waals surface area contributed by atoms with E-state index in [1.54, 1.807) is 0 Å². The monoisotopic (exact) mass is 281 g/mol. The van der Waals surface area contributed by atoms with E-state index >= 15 is 0 Å². The second kappa shape index (κ2) is 8.47. The Bertz CT molecular complexity index is 293. The van der Waals surface area contributed by atoms with Gasteiger partial charge >= 0.3 is 0 Å². The van der Waals surface area contributed by atoms with Crippen LogP contribution in [-0.4, -0.2) is 68.6 Å². The molecule has 1 heterocycles. The molecule has 5 nitrogen and oxygen atoms in total. The highest BCUT2D eigenvalue weighted by molar-refractivity contribution is 5.77. The Morgan fingerprint density at radius 2 is 1.95 bits per heavy atom. The van der Waals surface area contributed by atoms with Crippen molar-refractivity contribution in [2.24, 2.45) is 16.6 Å². The van der Waals surface area contributed by atoms with E-state index in [0.717, 1.165) is 19.0 Å². The third-order valence-electron chi connectivity index (χ3n) is 4.55. The van der Waals surface area contributed by atoms with Gasteiger partial charge in [0, 0.05) is 39.3 Å². The summed E-state index contributed by atoms with van der Waals surface area (Å²) in [4.78, 5) is 9.37. The molecule has 0 bridgehead atoms. The predicted octanol–water partition coefficient (Wildman–Crippen LogP) is 0.718. The molecule has 0 atom stereocenters. The lowest BCUT2D eigenvalue weighted by atomic mass is 9.86. The Morgan fingerprint density at radius 1 is 1.20 bits per heavy atom. The van der Waals surface area contributed by atoms with Crippen molar-refractivity contribution in [2.45, 2.75) is 32.1 Å². The van der Waals surface area contributed by atoms with E-state index in [9.17, 15) is 0 Å². The van der Waals surface area contributed by atoms with Crippen molar-refractivity contribution in [1.82, 2.24) is 15.1 Å². The first-order valence-corrected chi connectivity index (χ1v) is 8.19. The first kappa shape index (κ1) is 15.6. The summed E-state index contributed by atoms with van der Waals surface area (Å²) in [5.41, 5.74) is 5.86. The summed E-state index contributed by atoms with van der Waals surface area (Å²) in [7, 11) is 2.20. The summed E-state index contributed by atoms with van der Waals surface area (Å²) in [5, 5.41) is 3.23. The number of guanidine groups is 1. The zero-order valence-corrected chi connectivity index (χ0v) is 13.0. The Balaban J connectivity index is 1.44. The first-order chi connectivity index (χ1) is 9.74. The molecule has 0 spiro atoms. The third kappa shape index (κ3) is 5.67. The fraction of sp³-hybridized carbons (Fsp3) is 0.933. The molecule has 0 aromatic carbocycles. The van der Waals surface area contributed by atoms with E-state index in [2.05, 4.69) is 27.2 Å². The summed E-state index contributed by atoms with van der Waals surface area (Å²) >= 11 is 0. The zero-order chi connectivity index (χ0) is 14.2. The van der Waals surface area contributed by atoms with E-state index in [0.29, 0.717) is 5.96 Å². The van der Waals surface area contributed by atoms with Crippen molar-refractivity contribution in [2.75, 3.05) is 52.9 Å². The summed E-state index contributed by atoms with van der Waals surface area (Å²) in [6.07, 6.45) is 6.46. The van der Waals surface area contributed by atoms with Crippen LogP contribution in [0.25, 0.3) is 0 Å². The molecular weight excluding hydrogens is 250 g/mol. The smallest absolute Gasteiger partial charge is 0.188 e. The molecule has 0 unspecified atom stereocenters. The second-order valence-corrected chi connectivity index (χ2v) is 6.30. The van der Waals surface area contributed by atoms with Gasteiger partial charge in [0.15, 0.2) is 5.96 Å². The SMILES string of the molecule is CN1CCN(CCCCNC(N)=NCC2CCC2)CC1. The maximum absolute atomic E-state index is 5.86. The highest BCUT2D eigenvalue weighted by Gasteiger charge is 2.16. The Morgan fingerprint density at radius 3 is 2.60 bits per heavy atom. The standard InChI is InChI=1S/C15H31N5/c1-19-9-11-20(12-10-19)8-3-2-7-17-15(16)18-13-14-5-4-6-14/h14H,2-13H2,1H3,(H3,16,17,18). The van der Waals surface area contributed by atoms with Crippen LogP contribution < -0.4 is 11.1 Å². The molecule has 116 valence electrons. The summed E-state index contributed by atoms with van der Waals surface area (Å²) < 4.78 is 0. The molecule has 0 aromatic rings. The lowest BCUT2D eigenvalue weighted by molar-refractivity contribution is 0.152. The van der Waals surface area contributed by atoms with Crippen LogP contribution in [0.15, 0.2) is 4.99 Å². The predicted molar refractivity (Wildman–Crippen MR) is 85.0 cm³/mol. The van der Waals surface area contributed by atoms with Gasteiger partial charge in [0.05, 0.1) is 0 Å². The lowest BCUT2D eigenvalue weighted by Gasteiger charge is -2.32. The minimum absolute atomic E-state index is 0.636. The minimum atomic E-state index is 0.636. The van der Waals surface area contributed by atoms with Crippen LogP contribution in [0.1, 0.15) is 32.1 Å². The topological polar surface area (TPSA) is 56.9 Å². The number of nitrogens with one attached hydrogen (secondary N) is 1. The van der Waals surface area contributed by atoms with Gasteiger partial charge in [-0.05, 0) is 45.2 Å². The van der Waals surface area contributed by atoms with Gasteiger partial charge in [-0.2, -0.15) is 0 Å². The molecule has 2 fully saturated rings. The number of hydrogen-bond donors (Lipinski definition) is 2. The van der Waals surface area contributed by atoms with Crippen LogP contribution >= 0.6 is 0 Å². The normalized spacial score (nSPS) is 22.8. The number of piperazine rings is 1. The maximum atomic E-state index is 5.86. The van der Waals surface area contributed by atoms with Crippen LogP contribution in [0.4, 0.5) is 0 Å².